The lowest BCUT2D eigenvalue weighted by Crippen LogP contribution is -2.49. The van der Waals surface area contributed by atoms with E-state index in [0.717, 1.165) is 38.4 Å². The number of rotatable bonds is 3. The second kappa shape index (κ2) is 6.89. The normalized spacial score (nSPS) is 15.8. The van der Waals surface area contributed by atoms with Crippen molar-refractivity contribution in [3.05, 3.63) is 47.0 Å². The van der Waals surface area contributed by atoms with Crippen LogP contribution in [0.2, 0.25) is 0 Å². The minimum Gasteiger partial charge on any atom is -0.322 e. The summed E-state index contributed by atoms with van der Waals surface area (Å²) in [6.07, 6.45) is 0. The zero-order valence-electron chi connectivity index (χ0n) is 12.7. The highest BCUT2D eigenvalue weighted by Crippen LogP contribution is 2.16. The maximum Gasteiger partial charge on any atom is 0.323 e. The van der Waals surface area contributed by atoms with Crippen LogP contribution in [0.3, 0.4) is 0 Å². The van der Waals surface area contributed by atoms with Gasteiger partial charge in [0.2, 0.25) is 0 Å². The van der Waals surface area contributed by atoms with Crippen LogP contribution in [0.25, 0.3) is 0 Å². The number of amides is 2. The number of piperazine rings is 1. The van der Waals surface area contributed by atoms with Gasteiger partial charge in [-0.05, 0) is 12.5 Å². The standard InChI is InChI=1S/C16H20N4OS/c1-13-12-22-15(17-13)18-16(21)20-9-7-19(8-10-20)11-14-5-3-2-4-6-14/h2-6,12H,7-11H2,1H3,(H,17,18,21). The SMILES string of the molecule is Cc1csc(NC(=O)N2CCN(Cc3ccccc3)CC2)n1. The van der Waals surface area contributed by atoms with Gasteiger partial charge in [-0.15, -0.1) is 11.3 Å². The van der Waals surface area contributed by atoms with Crippen LogP contribution in [0, 0.1) is 6.92 Å². The molecule has 0 aliphatic carbocycles. The van der Waals surface area contributed by atoms with Crippen LogP contribution in [-0.4, -0.2) is 47.0 Å². The molecule has 116 valence electrons. The Kier molecular flexibility index (Phi) is 4.70. The van der Waals surface area contributed by atoms with Crippen molar-refractivity contribution >= 4 is 22.5 Å². The van der Waals surface area contributed by atoms with Crippen LogP contribution in [-0.2, 0) is 6.54 Å². The van der Waals surface area contributed by atoms with Gasteiger partial charge in [0.1, 0.15) is 0 Å². The molecular formula is C16H20N4OS. The molecule has 1 aromatic carbocycles. The molecule has 1 aliphatic heterocycles. The molecule has 1 aromatic heterocycles. The van der Waals surface area contributed by atoms with Crippen molar-refractivity contribution in [2.45, 2.75) is 13.5 Å². The summed E-state index contributed by atoms with van der Waals surface area (Å²) in [5.74, 6) is 0. The van der Waals surface area contributed by atoms with Crippen molar-refractivity contribution in [3.63, 3.8) is 0 Å². The van der Waals surface area contributed by atoms with Crippen molar-refractivity contribution in [2.24, 2.45) is 0 Å². The van der Waals surface area contributed by atoms with Crippen LogP contribution in [0.1, 0.15) is 11.3 Å². The number of nitrogens with zero attached hydrogens (tertiary/aromatic N) is 3. The molecule has 3 rings (SSSR count). The summed E-state index contributed by atoms with van der Waals surface area (Å²) in [5.41, 5.74) is 2.26. The minimum atomic E-state index is -0.0475. The lowest BCUT2D eigenvalue weighted by molar-refractivity contribution is 0.143. The molecule has 0 bridgehead atoms. The molecule has 0 atom stereocenters. The average molecular weight is 316 g/mol. The quantitative estimate of drug-likeness (QED) is 0.947. The first-order valence-electron chi connectivity index (χ1n) is 7.45. The van der Waals surface area contributed by atoms with Gasteiger partial charge in [-0.2, -0.15) is 0 Å². The van der Waals surface area contributed by atoms with Crippen LogP contribution < -0.4 is 5.32 Å². The van der Waals surface area contributed by atoms with Crippen molar-refractivity contribution < 1.29 is 4.79 Å². The highest BCUT2D eigenvalue weighted by molar-refractivity contribution is 7.13. The van der Waals surface area contributed by atoms with Gasteiger partial charge in [-0.25, -0.2) is 9.78 Å². The summed E-state index contributed by atoms with van der Waals surface area (Å²) in [4.78, 5) is 20.7. The van der Waals surface area contributed by atoms with Gasteiger partial charge in [0.25, 0.3) is 0 Å². The summed E-state index contributed by atoms with van der Waals surface area (Å²) in [6, 6.07) is 10.4. The van der Waals surface area contributed by atoms with Crippen molar-refractivity contribution in [1.82, 2.24) is 14.8 Å². The second-order valence-corrected chi connectivity index (χ2v) is 6.33. The summed E-state index contributed by atoms with van der Waals surface area (Å²) >= 11 is 1.46. The van der Waals surface area contributed by atoms with Gasteiger partial charge in [-0.1, -0.05) is 30.3 Å². The van der Waals surface area contributed by atoms with Crippen LogP contribution >= 0.6 is 11.3 Å². The number of carbonyl (C=O) groups excluding carboxylic acids is 1. The summed E-state index contributed by atoms with van der Waals surface area (Å²) in [7, 11) is 0. The third kappa shape index (κ3) is 3.84. The van der Waals surface area contributed by atoms with Gasteiger partial charge in [0, 0.05) is 38.1 Å². The first-order chi connectivity index (χ1) is 10.7. The molecule has 1 N–H and O–H groups in total. The highest BCUT2D eigenvalue weighted by atomic mass is 32.1. The summed E-state index contributed by atoms with van der Waals surface area (Å²) in [6.45, 7) is 6.18. The fraction of sp³-hybridized carbons (Fsp3) is 0.375. The highest BCUT2D eigenvalue weighted by Gasteiger charge is 2.21. The number of aryl methyl sites for hydroxylation is 1. The number of hydrogen-bond donors (Lipinski definition) is 1. The van der Waals surface area contributed by atoms with E-state index in [2.05, 4.69) is 39.5 Å². The molecule has 0 radical (unpaired) electrons. The topological polar surface area (TPSA) is 48.5 Å². The number of benzene rings is 1. The number of hydrogen-bond acceptors (Lipinski definition) is 4. The number of aromatic nitrogens is 1. The summed E-state index contributed by atoms with van der Waals surface area (Å²) < 4.78 is 0. The fourth-order valence-electron chi connectivity index (χ4n) is 2.53. The lowest BCUT2D eigenvalue weighted by atomic mass is 10.2. The monoisotopic (exact) mass is 316 g/mol. The van der Waals surface area contributed by atoms with E-state index in [1.165, 1.54) is 16.9 Å². The van der Waals surface area contributed by atoms with Gasteiger partial charge in [-0.3, -0.25) is 10.2 Å². The van der Waals surface area contributed by atoms with Crippen molar-refractivity contribution in [1.29, 1.82) is 0 Å². The number of carbonyl (C=O) groups is 1. The Morgan fingerprint density at radius 2 is 1.95 bits per heavy atom. The molecule has 2 amide bonds. The Morgan fingerprint density at radius 3 is 2.59 bits per heavy atom. The second-order valence-electron chi connectivity index (χ2n) is 5.47. The van der Waals surface area contributed by atoms with Gasteiger partial charge >= 0.3 is 6.03 Å². The predicted octanol–water partition coefficient (Wildman–Crippen LogP) is 2.80. The molecule has 0 saturated carbocycles. The van der Waals surface area contributed by atoms with Gasteiger partial charge < -0.3 is 4.90 Å². The van der Waals surface area contributed by atoms with Crippen molar-refractivity contribution in [2.75, 3.05) is 31.5 Å². The Balaban J connectivity index is 1.48. The minimum absolute atomic E-state index is 0.0475. The van der Waals surface area contributed by atoms with Crippen LogP contribution in [0.5, 0.6) is 0 Å². The molecule has 1 saturated heterocycles. The molecule has 1 aliphatic rings. The average Bonchev–Trinajstić information content (AvgIpc) is 2.94. The molecule has 1 fully saturated rings. The van der Waals surface area contributed by atoms with E-state index in [0.29, 0.717) is 5.13 Å². The van der Waals surface area contributed by atoms with E-state index in [1.807, 2.05) is 23.3 Å². The zero-order chi connectivity index (χ0) is 15.4. The van der Waals surface area contributed by atoms with Crippen LogP contribution in [0.15, 0.2) is 35.7 Å². The third-order valence-corrected chi connectivity index (χ3v) is 4.62. The fourth-order valence-corrected chi connectivity index (χ4v) is 3.21. The van der Waals surface area contributed by atoms with E-state index in [1.54, 1.807) is 0 Å². The Morgan fingerprint density at radius 1 is 1.23 bits per heavy atom. The van der Waals surface area contributed by atoms with Gasteiger partial charge in [0.05, 0.1) is 5.69 Å². The maximum atomic E-state index is 12.2. The third-order valence-electron chi connectivity index (χ3n) is 3.74. The van der Waals surface area contributed by atoms with E-state index in [-0.39, 0.29) is 6.03 Å². The number of nitrogens with one attached hydrogen (secondary N) is 1. The van der Waals surface area contributed by atoms with E-state index in [9.17, 15) is 4.79 Å². The smallest absolute Gasteiger partial charge is 0.322 e. The Labute approximate surface area is 134 Å². The number of thiazole rings is 1. The predicted molar refractivity (Wildman–Crippen MR) is 89.2 cm³/mol. The van der Waals surface area contributed by atoms with Crippen molar-refractivity contribution in [3.8, 4) is 0 Å². The summed E-state index contributed by atoms with van der Waals surface area (Å²) in [5, 5.41) is 5.49. The Hall–Kier alpha value is -1.92. The molecule has 5 nitrogen and oxygen atoms in total. The first kappa shape index (κ1) is 15.0. The molecule has 22 heavy (non-hydrogen) atoms. The van der Waals surface area contributed by atoms with E-state index in [4.69, 9.17) is 0 Å². The molecular weight excluding hydrogens is 296 g/mol. The largest absolute Gasteiger partial charge is 0.323 e. The molecule has 0 unspecified atom stereocenters. The number of anilines is 1. The molecule has 6 heteroatoms. The number of urea groups is 1. The zero-order valence-corrected chi connectivity index (χ0v) is 13.5. The van der Waals surface area contributed by atoms with Gasteiger partial charge in [0.15, 0.2) is 5.13 Å². The molecule has 0 spiro atoms. The van der Waals surface area contributed by atoms with E-state index < -0.39 is 0 Å². The Bertz CT molecular complexity index is 620. The first-order valence-corrected chi connectivity index (χ1v) is 8.33. The maximum absolute atomic E-state index is 12.2. The van der Waals surface area contributed by atoms with E-state index >= 15 is 0 Å². The molecule has 2 aromatic rings. The molecule has 2 heterocycles. The lowest BCUT2D eigenvalue weighted by Gasteiger charge is -2.34. The van der Waals surface area contributed by atoms with Crippen LogP contribution in [0.4, 0.5) is 9.93 Å².